The number of benzene rings is 1. The molecule has 3 aromatic rings. The lowest BCUT2D eigenvalue weighted by Crippen LogP contribution is -2.37. The minimum Gasteiger partial charge on any atom is -0.466 e. The predicted molar refractivity (Wildman–Crippen MR) is 105 cm³/mol. The van der Waals surface area contributed by atoms with Gasteiger partial charge in [0.05, 0.1) is 18.2 Å². The van der Waals surface area contributed by atoms with Gasteiger partial charge in [-0.15, -0.1) is 0 Å². The topological polar surface area (TPSA) is 59.7 Å². The third-order valence-electron chi connectivity index (χ3n) is 4.92. The Morgan fingerprint density at radius 2 is 2.00 bits per heavy atom. The summed E-state index contributed by atoms with van der Waals surface area (Å²) in [5.41, 5.74) is 2.84. The molecule has 0 amide bonds. The van der Waals surface area contributed by atoms with Crippen LogP contribution in [0.2, 0.25) is 5.02 Å². The fraction of sp³-hybridized carbons (Fsp3) is 0.350. The number of hydrogen-bond acceptors (Lipinski definition) is 5. The van der Waals surface area contributed by atoms with Crippen molar-refractivity contribution < 1.29 is 9.53 Å². The number of fused-ring (bicyclic) bond motifs is 1. The zero-order valence-corrected chi connectivity index (χ0v) is 15.9. The summed E-state index contributed by atoms with van der Waals surface area (Å²) in [5, 5.41) is 5.37. The summed E-state index contributed by atoms with van der Waals surface area (Å²) in [4.78, 5) is 18.8. The van der Waals surface area contributed by atoms with Crippen LogP contribution in [0.1, 0.15) is 19.8 Å². The molecule has 0 bridgehead atoms. The van der Waals surface area contributed by atoms with Crippen LogP contribution in [-0.4, -0.2) is 40.3 Å². The minimum atomic E-state index is -0.0855. The fourth-order valence-corrected chi connectivity index (χ4v) is 3.63. The van der Waals surface area contributed by atoms with Gasteiger partial charge in [-0.1, -0.05) is 23.7 Å². The first-order valence-electron chi connectivity index (χ1n) is 9.17. The molecule has 1 fully saturated rings. The number of hydrogen-bond donors (Lipinski definition) is 0. The highest BCUT2D eigenvalue weighted by atomic mass is 35.5. The molecule has 1 aromatic carbocycles. The number of aromatic nitrogens is 3. The van der Waals surface area contributed by atoms with Crippen LogP contribution >= 0.6 is 11.6 Å². The molecule has 0 radical (unpaired) electrons. The molecule has 3 heterocycles. The van der Waals surface area contributed by atoms with Gasteiger partial charge in [-0.3, -0.25) is 4.79 Å². The Morgan fingerprint density at radius 1 is 1.26 bits per heavy atom. The molecule has 0 saturated carbocycles. The Hall–Kier alpha value is -2.60. The first-order valence-corrected chi connectivity index (χ1v) is 9.55. The molecule has 27 heavy (non-hydrogen) atoms. The number of esters is 1. The number of halogens is 1. The van der Waals surface area contributed by atoms with Gasteiger partial charge in [-0.25, -0.2) is 9.50 Å². The van der Waals surface area contributed by atoms with Crippen LogP contribution in [0.5, 0.6) is 0 Å². The lowest BCUT2D eigenvalue weighted by molar-refractivity contribution is -0.148. The highest BCUT2D eigenvalue weighted by Crippen LogP contribution is 2.29. The number of carbonyl (C=O) groups excluding carboxylic acids is 1. The fourth-order valence-electron chi connectivity index (χ4n) is 3.50. The van der Waals surface area contributed by atoms with Crippen LogP contribution in [0.3, 0.4) is 0 Å². The normalized spacial score (nSPS) is 15.3. The number of piperidine rings is 1. The van der Waals surface area contributed by atoms with Crippen molar-refractivity contribution in [1.82, 2.24) is 14.6 Å². The summed E-state index contributed by atoms with van der Waals surface area (Å²) in [6, 6.07) is 9.69. The zero-order chi connectivity index (χ0) is 18.8. The maximum Gasteiger partial charge on any atom is 0.309 e. The van der Waals surface area contributed by atoms with Crippen molar-refractivity contribution in [2.24, 2.45) is 5.92 Å². The summed E-state index contributed by atoms with van der Waals surface area (Å²) in [7, 11) is 0. The van der Waals surface area contributed by atoms with Gasteiger partial charge in [0.25, 0.3) is 0 Å². The minimum absolute atomic E-state index is 0.0181. The van der Waals surface area contributed by atoms with Crippen molar-refractivity contribution in [2.45, 2.75) is 19.8 Å². The van der Waals surface area contributed by atoms with Gasteiger partial charge in [0.1, 0.15) is 5.52 Å². The molecule has 2 aromatic heterocycles. The molecule has 0 N–H and O–H groups in total. The summed E-state index contributed by atoms with van der Waals surface area (Å²) in [5.74, 6) is 0.792. The summed E-state index contributed by atoms with van der Waals surface area (Å²) < 4.78 is 7.01. The van der Waals surface area contributed by atoms with Gasteiger partial charge in [-0.05, 0) is 38.0 Å². The molecule has 0 atom stereocenters. The first-order chi connectivity index (χ1) is 13.2. The number of rotatable bonds is 4. The van der Waals surface area contributed by atoms with E-state index in [0.717, 1.165) is 48.5 Å². The molecule has 1 saturated heterocycles. The molecule has 1 aliphatic heterocycles. The monoisotopic (exact) mass is 384 g/mol. The van der Waals surface area contributed by atoms with E-state index in [0.29, 0.717) is 11.6 Å². The van der Waals surface area contributed by atoms with Crippen molar-refractivity contribution in [3.8, 4) is 11.3 Å². The summed E-state index contributed by atoms with van der Waals surface area (Å²) >= 11 is 5.98. The average molecular weight is 385 g/mol. The average Bonchev–Trinajstić information content (AvgIpc) is 3.13. The molecule has 140 valence electrons. The van der Waals surface area contributed by atoms with Crippen LogP contribution < -0.4 is 4.90 Å². The summed E-state index contributed by atoms with van der Waals surface area (Å²) in [6.45, 7) is 3.83. The number of carbonyl (C=O) groups is 1. The van der Waals surface area contributed by atoms with Crippen LogP contribution in [0, 0.1) is 5.92 Å². The van der Waals surface area contributed by atoms with E-state index in [9.17, 15) is 4.79 Å². The zero-order valence-electron chi connectivity index (χ0n) is 15.1. The first kappa shape index (κ1) is 17.8. The number of anilines is 1. The van der Waals surface area contributed by atoms with Crippen LogP contribution in [0.4, 0.5) is 5.82 Å². The van der Waals surface area contributed by atoms with Gasteiger partial charge < -0.3 is 9.64 Å². The smallest absolute Gasteiger partial charge is 0.309 e. The van der Waals surface area contributed by atoms with Crippen molar-refractivity contribution in [3.63, 3.8) is 0 Å². The second-order valence-corrected chi connectivity index (χ2v) is 7.07. The standard InChI is InChI=1S/C20H21ClN4O2/c1-2-27-20(26)15-7-10-24(11-8-15)19-18-13-17(23-25(18)12-9-22-19)14-3-5-16(21)6-4-14/h3-6,9,12-13,15H,2,7-8,10-11H2,1H3. The van der Waals surface area contributed by atoms with Crippen molar-refractivity contribution in [3.05, 3.63) is 47.7 Å². The second-order valence-electron chi connectivity index (χ2n) is 6.63. The van der Waals surface area contributed by atoms with Crippen LogP contribution in [0.15, 0.2) is 42.7 Å². The Bertz CT molecular complexity index is 946. The van der Waals surface area contributed by atoms with E-state index in [1.54, 1.807) is 6.20 Å². The number of nitrogens with zero attached hydrogens (tertiary/aromatic N) is 4. The quantitative estimate of drug-likeness (QED) is 0.640. The summed E-state index contributed by atoms with van der Waals surface area (Å²) in [6.07, 6.45) is 5.17. The van der Waals surface area contributed by atoms with Crippen LogP contribution in [0.25, 0.3) is 16.8 Å². The van der Waals surface area contributed by atoms with E-state index in [-0.39, 0.29) is 11.9 Å². The Morgan fingerprint density at radius 3 is 2.70 bits per heavy atom. The third-order valence-corrected chi connectivity index (χ3v) is 5.18. The van der Waals surface area contributed by atoms with E-state index in [1.807, 2.05) is 48.0 Å². The highest BCUT2D eigenvalue weighted by Gasteiger charge is 2.27. The van der Waals surface area contributed by atoms with Gasteiger partial charge in [0.15, 0.2) is 5.82 Å². The predicted octanol–water partition coefficient (Wildman–Crippen LogP) is 3.83. The van der Waals surface area contributed by atoms with Crippen LogP contribution in [-0.2, 0) is 9.53 Å². The molecule has 0 aliphatic carbocycles. The van der Waals surface area contributed by atoms with Gasteiger partial charge in [0.2, 0.25) is 0 Å². The molecular formula is C20H21ClN4O2. The van der Waals surface area contributed by atoms with Gasteiger partial charge in [-0.2, -0.15) is 5.10 Å². The van der Waals surface area contributed by atoms with E-state index in [1.165, 1.54) is 0 Å². The van der Waals surface area contributed by atoms with E-state index in [4.69, 9.17) is 16.3 Å². The number of ether oxygens (including phenoxy) is 1. The largest absolute Gasteiger partial charge is 0.466 e. The maximum atomic E-state index is 12.0. The van der Waals surface area contributed by atoms with Crippen molar-refractivity contribution >= 4 is 28.9 Å². The lowest BCUT2D eigenvalue weighted by atomic mass is 9.97. The van der Waals surface area contributed by atoms with E-state index < -0.39 is 0 Å². The molecule has 7 heteroatoms. The maximum absolute atomic E-state index is 12.0. The van der Waals surface area contributed by atoms with Gasteiger partial charge >= 0.3 is 5.97 Å². The third kappa shape index (κ3) is 3.62. The van der Waals surface area contributed by atoms with Gasteiger partial charge in [0, 0.05) is 36.1 Å². The Kier molecular flexibility index (Phi) is 4.99. The lowest BCUT2D eigenvalue weighted by Gasteiger charge is -2.31. The second kappa shape index (κ2) is 7.56. The molecular weight excluding hydrogens is 364 g/mol. The SMILES string of the molecule is CCOC(=O)C1CCN(c2nccn3nc(-c4ccc(Cl)cc4)cc23)CC1. The van der Waals surface area contributed by atoms with Crippen molar-refractivity contribution in [1.29, 1.82) is 0 Å². The molecule has 0 spiro atoms. The molecule has 4 rings (SSSR count). The van der Waals surface area contributed by atoms with Crippen molar-refractivity contribution in [2.75, 3.05) is 24.6 Å². The molecule has 6 nitrogen and oxygen atoms in total. The Balaban J connectivity index is 1.58. The van der Waals surface area contributed by atoms with E-state index >= 15 is 0 Å². The Labute approximate surface area is 162 Å². The highest BCUT2D eigenvalue weighted by molar-refractivity contribution is 6.30. The molecule has 0 unspecified atom stereocenters. The molecule has 1 aliphatic rings. The van der Waals surface area contributed by atoms with E-state index in [2.05, 4.69) is 15.0 Å².